The predicted octanol–water partition coefficient (Wildman–Crippen LogP) is 3.18. The first-order valence-corrected chi connectivity index (χ1v) is 11.5. The van der Waals surface area contributed by atoms with Crippen molar-refractivity contribution >= 4 is 17.4 Å². The van der Waals surface area contributed by atoms with E-state index in [0.29, 0.717) is 34.9 Å². The lowest BCUT2D eigenvalue weighted by atomic mass is 9.94. The molecule has 1 aliphatic heterocycles. The molecule has 3 aromatic rings. The lowest BCUT2D eigenvalue weighted by Crippen LogP contribution is -2.35. The molecule has 1 aliphatic rings. The summed E-state index contributed by atoms with van der Waals surface area (Å²) >= 11 is 0. The molecule has 4 rings (SSSR count). The lowest BCUT2D eigenvalue weighted by molar-refractivity contribution is -0.140. The number of aromatic nitrogens is 2. The molecule has 1 aromatic heterocycles. The van der Waals surface area contributed by atoms with Crippen LogP contribution < -0.4 is 9.47 Å². The minimum absolute atomic E-state index is 0.0129. The van der Waals surface area contributed by atoms with Crippen LogP contribution in [0.15, 0.2) is 60.3 Å². The fourth-order valence-corrected chi connectivity index (χ4v) is 4.49. The monoisotopic (exact) mass is 490 g/mol. The number of ketones is 1. The number of aliphatic hydroxyl groups excluding tert-OH is 1. The van der Waals surface area contributed by atoms with Gasteiger partial charge in [0.1, 0.15) is 5.76 Å². The fourth-order valence-electron chi connectivity index (χ4n) is 4.49. The minimum atomic E-state index is -0.866. The highest BCUT2D eigenvalue weighted by molar-refractivity contribution is 6.46. The van der Waals surface area contributed by atoms with Crippen molar-refractivity contribution in [1.29, 1.82) is 0 Å². The number of para-hydroxylation sites is 2. The molecule has 0 radical (unpaired) electrons. The van der Waals surface area contributed by atoms with E-state index in [0.717, 1.165) is 5.69 Å². The van der Waals surface area contributed by atoms with E-state index in [1.807, 2.05) is 49.3 Å². The summed E-state index contributed by atoms with van der Waals surface area (Å²) in [6.45, 7) is 2.61. The van der Waals surface area contributed by atoms with E-state index >= 15 is 0 Å². The van der Waals surface area contributed by atoms with Gasteiger partial charge >= 0.3 is 0 Å². The molecule has 9 heteroatoms. The lowest BCUT2D eigenvalue weighted by Gasteiger charge is -2.28. The Morgan fingerprint density at radius 3 is 2.42 bits per heavy atom. The summed E-state index contributed by atoms with van der Waals surface area (Å²) in [6, 6.07) is 13.9. The first-order chi connectivity index (χ1) is 17.3. The van der Waals surface area contributed by atoms with E-state index < -0.39 is 17.7 Å². The summed E-state index contributed by atoms with van der Waals surface area (Å²) < 4.78 is 12.8. The first kappa shape index (κ1) is 25.0. The normalized spacial score (nSPS) is 17.2. The Kier molecular flexibility index (Phi) is 7.12. The van der Waals surface area contributed by atoms with Crippen LogP contribution in [0.25, 0.3) is 11.4 Å². The number of amides is 1. The minimum Gasteiger partial charge on any atom is -0.507 e. The van der Waals surface area contributed by atoms with Crippen LogP contribution >= 0.6 is 0 Å². The van der Waals surface area contributed by atoms with Gasteiger partial charge in [-0.3, -0.25) is 9.59 Å². The van der Waals surface area contributed by atoms with Crippen molar-refractivity contribution in [3.05, 3.63) is 77.1 Å². The molecule has 0 aliphatic carbocycles. The van der Waals surface area contributed by atoms with Crippen molar-refractivity contribution in [1.82, 2.24) is 19.6 Å². The van der Waals surface area contributed by atoms with Crippen molar-refractivity contribution in [2.24, 2.45) is 0 Å². The van der Waals surface area contributed by atoms with Gasteiger partial charge in [-0.25, -0.2) is 4.68 Å². The smallest absolute Gasteiger partial charge is 0.295 e. The Balaban J connectivity index is 1.91. The second-order valence-electron chi connectivity index (χ2n) is 8.77. The molecule has 188 valence electrons. The van der Waals surface area contributed by atoms with Gasteiger partial charge in [0.05, 0.1) is 49.0 Å². The van der Waals surface area contributed by atoms with Crippen molar-refractivity contribution in [2.45, 2.75) is 13.0 Å². The fraction of sp³-hybridized carbons (Fsp3) is 0.296. The standard InChI is InChI=1S/C27H30N4O5/c1-17-20(16-28-31(17)18-10-7-6-8-11-18)24(32)22-23(19-12-9-13-21(35-4)26(19)36-5)30(15-14-29(2)3)27(34)25(22)33/h6-13,16,23,32H,14-15H2,1-5H3/t23-/m0/s1. The zero-order valence-corrected chi connectivity index (χ0v) is 21.1. The summed E-state index contributed by atoms with van der Waals surface area (Å²) in [5.74, 6) is -0.866. The molecule has 0 spiro atoms. The highest BCUT2D eigenvalue weighted by Gasteiger charge is 2.47. The van der Waals surface area contributed by atoms with Gasteiger partial charge in [-0.2, -0.15) is 5.10 Å². The summed E-state index contributed by atoms with van der Waals surface area (Å²) in [7, 11) is 6.80. The molecule has 1 amide bonds. The Labute approximate surface area is 210 Å². The van der Waals surface area contributed by atoms with Crippen LogP contribution in [0.2, 0.25) is 0 Å². The zero-order valence-electron chi connectivity index (χ0n) is 21.1. The van der Waals surface area contributed by atoms with Gasteiger partial charge in [0.15, 0.2) is 11.5 Å². The Morgan fingerprint density at radius 2 is 1.78 bits per heavy atom. The number of methoxy groups -OCH3 is 2. The number of ether oxygens (including phenoxy) is 2. The number of hydrogen-bond acceptors (Lipinski definition) is 7. The molecule has 2 aromatic carbocycles. The summed E-state index contributed by atoms with van der Waals surface area (Å²) in [5.41, 5.74) is 2.35. The number of hydrogen-bond donors (Lipinski definition) is 1. The molecule has 0 unspecified atom stereocenters. The number of nitrogens with zero attached hydrogens (tertiary/aromatic N) is 4. The quantitative estimate of drug-likeness (QED) is 0.294. The third-order valence-corrected chi connectivity index (χ3v) is 6.32. The SMILES string of the molecule is COc1cccc([C@H]2C(=C(O)c3cnn(-c4ccccc4)c3C)C(=O)C(=O)N2CCN(C)C)c1OC. The Hall–Kier alpha value is -4.11. The maximum absolute atomic E-state index is 13.4. The average Bonchev–Trinajstić information content (AvgIpc) is 3.39. The van der Waals surface area contributed by atoms with Gasteiger partial charge in [-0.1, -0.05) is 30.3 Å². The summed E-state index contributed by atoms with van der Waals surface area (Å²) in [6.07, 6.45) is 1.50. The number of likely N-dealkylation sites (N-methyl/N-ethyl adjacent to an activating group) is 1. The topological polar surface area (TPSA) is 97.1 Å². The van der Waals surface area contributed by atoms with Crippen molar-refractivity contribution in [2.75, 3.05) is 41.4 Å². The number of Topliss-reactive ketones (excluding diaryl/α,β-unsaturated/α-hetero) is 1. The van der Waals surface area contributed by atoms with Crippen molar-refractivity contribution in [3.8, 4) is 17.2 Å². The van der Waals surface area contributed by atoms with Crippen LogP contribution in [0.3, 0.4) is 0 Å². The van der Waals surface area contributed by atoms with Gasteiger partial charge in [-0.15, -0.1) is 0 Å². The molecule has 1 saturated heterocycles. The third kappa shape index (κ3) is 4.33. The van der Waals surface area contributed by atoms with E-state index in [-0.39, 0.29) is 17.9 Å². The number of aliphatic hydroxyl groups is 1. The number of rotatable bonds is 8. The van der Waals surface area contributed by atoms with Gasteiger partial charge in [0, 0.05) is 18.7 Å². The van der Waals surface area contributed by atoms with Gasteiger partial charge < -0.3 is 24.4 Å². The average molecular weight is 491 g/mol. The molecule has 0 bridgehead atoms. The maximum atomic E-state index is 13.4. The molecule has 2 heterocycles. The Morgan fingerprint density at radius 1 is 1.06 bits per heavy atom. The largest absolute Gasteiger partial charge is 0.507 e. The molecule has 36 heavy (non-hydrogen) atoms. The van der Waals surface area contributed by atoms with E-state index in [1.165, 1.54) is 25.3 Å². The van der Waals surface area contributed by atoms with Crippen LogP contribution in [0, 0.1) is 6.92 Å². The van der Waals surface area contributed by atoms with Gasteiger partial charge in [0.25, 0.3) is 11.7 Å². The van der Waals surface area contributed by atoms with Crippen LogP contribution in [-0.4, -0.2) is 77.8 Å². The first-order valence-electron chi connectivity index (χ1n) is 11.5. The molecular formula is C27H30N4O5. The molecule has 1 fully saturated rings. The second kappa shape index (κ2) is 10.2. The third-order valence-electron chi connectivity index (χ3n) is 6.32. The van der Waals surface area contributed by atoms with E-state index in [4.69, 9.17) is 9.47 Å². The van der Waals surface area contributed by atoms with E-state index in [1.54, 1.807) is 29.8 Å². The van der Waals surface area contributed by atoms with Gasteiger partial charge in [0.2, 0.25) is 0 Å². The highest BCUT2D eigenvalue weighted by Crippen LogP contribution is 2.45. The molecular weight excluding hydrogens is 460 g/mol. The summed E-state index contributed by atoms with van der Waals surface area (Å²) in [4.78, 5) is 30.0. The van der Waals surface area contributed by atoms with E-state index in [2.05, 4.69) is 5.10 Å². The number of benzene rings is 2. The number of likely N-dealkylation sites (tertiary alicyclic amines) is 1. The van der Waals surface area contributed by atoms with Crippen LogP contribution in [-0.2, 0) is 9.59 Å². The second-order valence-corrected chi connectivity index (χ2v) is 8.77. The molecule has 1 N–H and O–H groups in total. The van der Waals surface area contributed by atoms with E-state index in [9.17, 15) is 14.7 Å². The molecule has 9 nitrogen and oxygen atoms in total. The van der Waals surface area contributed by atoms with Crippen LogP contribution in [0.1, 0.15) is 22.9 Å². The van der Waals surface area contributed by atoms with Crippen molar-refractivity contribution in [3.63, 3.8) is 0 Å². The Bertz CT molecular complexity index is 1310. The van der Waals surface area contributed by atoms with Crippen LogP contribution in [0.5, 0.6) is 11.5 Å². The maximum Gasteiger partial charge on any atom is 0.295 e. The number of carbonyl (C=O) groups is 2. The number of carbonyl (C=O) groups excluding carboxylic acids is 2. The molecule has 1 atom stereocenters. The van der Waals surface area contributed by atoms with Crippen LogP contribution in [0.4, 0.5) is 0 Å². The zero-order chi connectivity index (χ0) is 26.0. The predicted molar refractivity (Wildman–Crippen MR) is 135 cm³/mol. The molecule has 0 saturated carbocycles. The van der Waals surface area contributed by atoms with Gasteiger partial charge in [-0.05, 0) is 39.2 Å². The summed E-state index contributed by atoms with van der Waals surface area (Å²) in [5, 5.41) is 15.9. The van der Waals surface area contributed by atoms with Crippen molar-refractivity contribution < 1.29 is 24.2 Å². The highest BCUT2D eigenvalue weighted by atomic mass is 16.5.